The molecule has 0 unspecified atom stereocenters. The van der Waals surface area contributed by atoms with Crippen LogP contribution in [-0.2, 0) is 5.54 Å². The van der Waals surface area contributed by atoms with Gasteiger partial charge in [0.2, 0.25) is 0 Å². The van der Waals surface area contributed by atoms with E-state index >= 15 is 0 Å². The molecule has 0 saturated heterocycles. The van der Waals surface area contributed by atoms with Crippen molar-refractivity contribution < 1.29 is 0 Å². The molecule has 0 spiro atoms. The van der Waals surface area contributed by atoms with Gasteiger partial charge in [0.05, 0.1) is 5.54 Å². The lowest BCUT2D eigenvalue weighted by Crippen LogP contribution is -2.34. The molecule has 0 aliphatic carbocycles. The minimum atomic E-state index is -0.194. The summed E-state index contributed by atoms with van der Waals surface area (Å²) < 4.78 is 0. The third kappa shape index (κ3) is 3.63. The van der Waals surface area contributed by atoms with Crippen molar-refractivity contribution in [2.45, 2.75) is 25.3 Å². The molecule has 0 aliphatic rings. The maximum Gasteiger partial charge on any atom is 0.0693 e. The summed E-state index contributed by atoms with van der Waals surface area (Å²) in [6, 6.07) is 19.0. The fraction of sp³-hybridized carbons (Fsp3) is 0.200. The summed E-state index contributed by atoms with van der Waals surface area (Å²) in [7, 11) is 0. The first kappa shape index (κ1) is 15.1. The highest BCUT2D eigenvalue weighted by molar-refractivity contribution is 5.49. The van der Waals surface area contributed by atoms with Crippen LogP contribution in [0.15, 0.2) is 79.9 Å². The molecule has 0 amide bonds. The minimum absolute atomic E-state index is 0.194. The zero-order valence-corrected chi connectivity index (χ0v) is 12.7. The first-order valence-electron chi connectivity index (χ1n) is 7.32. The van der Waals surface area contributed by atoms with Crippen LogP contribution in [0.3, 0.4) is 0 Å². The molecule has 0 bridgehead atoms. The Morgan fingerprint density at radius 3 is 2.00 bits per heavy atom. The standard InChI is InChI=1S/C20H23N/c1-4-15-20(16-5-2,18-9-7-6-8-10-18)21-19-13-11-17(3)12-14-19/h4-14,21H,1-2,15-16H2,3H3. The monoisotopic (exact) mass is 277 g/mol. The smallest absolute Gasteiger partial charge is 0.0693 e. The highest BCUT2D eigenvalue weighted by atomic mass is 15.0. The quantitative estimate of drug-likeness (QED) is 0.663. The summed E-state index contributed by atoms with van der Waals surface area (Å²) in [5.41, 5.74) is 3.44. The summed E-state index contributed by atoms with van der Waals surface area (Å²) in [4.78, 5) is 0. The van der Waals surface area contributed by atoms with Crippen LogP contribution in [-0.4, -0.2) is 0 Å². The molecule has 2 rings (SSSR count). The molecule has 0 saturated carbocycles. The minimum Gasteiger partial charge on any atom is -0.375 e. The topological polar surface area (TPSA) is 12.0 Å². The third-order valence-corrected chi connectivity index (χ3v) is 3.75. The van der Waals surface area contributed by atoms with Crippen LogP contribution < -0.4 is 5.32 Å². The Hall–Kier alpha value is -2.28. The van der Waals surface area contributed by atoms with Gasteiger partial charge in [-0.05, 0) is 37.5 Å². The summed E-state index contributed by atoms with van der Waals surface area (Å²) in [5.74, 6) is 0. The SMILES string of the molecule is C=CCC(CC=C)(Nc1ccc(C)cc1)c1ccccc1. The lowest BCUT2D eigenvalue weighted by Gasteiger charge is -2.35. The van der Waals surface area contributed by atoms with Crippen LogP contribution >= 0.6 is 0 Å². The normalized spacial score (nSPS) is 10.9. The highest BCUT2D eigenvalue weighted by Gasteiger charge is 2.29. The zero-order chi connectivity index (χ0) is 15.1. The Labute approximate surface area is 128 Å². The van der Waals surface area contributed by atoms with Crippen molar-refractivity contribution >= 4 is 5.69 Å². The summed E-state index contributed by atoms with van der Waals surface area (Å²) in [6.45, 7) is 9.97. The van der Waals surface area contributed by atoms with Crippen LogP contribution in [0.25, 0.3) is 0 Å². The van der Waals surface area contributed by atoms with E-state index in [1.807, 2.05) is 18.2 Å². The van der Waals surface area contributed by atoms with Crippen LogP contribution in [0.5, 0.6) is 0 Å². The van der Waals surface area contributed by atoms with Crippen LogP contribution in [0.1, 0.15) is 24.0 Å². The summed E-state index contributed by atoms with van der Waals surface area (Å²) in [6.07, 6.45) is 5.63. The molecule has 0 aromatic heterocycles. The molecule has 0 heterocycles. The molecular formula is C20H23N. The van der Waals surface area contributed by atoms with Crippen molar-refractivity contribution in [2.75, 3.05) is 5.32 Å². The molecule has 2 aromatic rings. The van der Waals surface area contributed by atoms with Crippen molar-refractivity contribution in [3.63, 3.8) is 0 Å². The number of aryl methyl sites for hydroxylation is 1. The first-order valence-corrected chi connectivity index (χ1v) is 7.32. The van der Waals surface area contributed by atoms with Gasteiger partial charge in [-0.2, -0.15) is 0 Å². The maximum absolute atomic E-state index is 3.93. The Balaban J connectivity index is 2.41. The Bertz CT molecular complexity index is 571. The molecule has 1 nitrogen and oxygen atoms in total. The maximum atomic E-state index is 3.93. The second-order valence-corrected chi connectivity index (χ2v) is 5.42. The van der Waals surface area contributed by atoms with Crippen molar-refractivity contribution in [3.05, 3.63) is 91.0 Å². The predicted molar refractivity (Wildman–Crippen MR) is 92.5 cm³/mol. The van der Waals surface area contributed by atoms with E-state index in [1.165, 1.54) is 11.1 Å². The molecule has 0 aliphatic heterocycles. The van der Waals surface area contributed by atoms with Gasteiger partial charge in [0.1, 0.15) is 0 Å². The van der Waals surface area contributed by atoms with Crippen molar-refractivity contribution in [2.24, 2.45) is 0 Å². The largest absolute Gasteiger partial charge is 0.375 e. The van der Waals surface area contributed by atoms with Gasteiger partial charge in [0.15, 0.2) is 0 Å². The van der Waals surface area contributed by atoms with Crippen molar-refractivity contribution in [1.82, 2.24) is 0 Å². The first-order chi connectivity index (χ1) is 10.2. The molecule has 2 aromatic carbocycles. The molecular weight excluding hydrogens is 254 g/mol. The molecule has 108 valence electrons. The summed E-state index contributed by atoms with van der Waals surface area (Å²) >= 11 is 0. The molecule has 0 radical (unpaired) electrons. The van der Waals surface area contributed by atoms with E-state index in [-0.39, 0.29) is 5.54 Å². The Morgan fingerprint density at radius 1 is 0.905 bits per heavy atom. The number of hydrogen-bond acceptors (Lipinski definition) is 1. The van der Waals surface area contributed by atoms with E-state index in [1.54, 1.807) is 0 Å². The van der Waals surface area contributed by atoms with Crippen molar-refractivity contribution in [3.8, 4) is 0 Å². The van der Waals surface area contributed by atoms with Gasteiger partial charge in [0, 0.05) is 5.69 Å². The molecule has 1 heteroatoms. The van der Waals surface area contributed by atoms with Gasteiger partial charge in [-0.25, -0.2) is 0 Å². The number of hydrogen-bond donors (Lipinski definition) is 1. The van der Waals surface area contributed by atoms with Gasteiger partial charge >= 0.3 is 0 Å². The van der Waals surface area contributed by atoms with Crippen LogP contribution in [0, 0.1) is 6.92 Å². The second-order valence-electron chi connectivity index (χ2n) is 5.42. The lowest BCUT2D eigenvalue weighted by molar-refractivity contribution is 0.503. The van der Waals surface area contributed by atoms with Gasteiger partial charge in [-0.3, -0.25) is 0 Å². The lowest BCUT2D eigenvalue weighted by atomic mass is 9.83. The van der Waals surface area contributed by atoms with Gasteiger partial charge in [-0.1, -0.05) is 60.2 Å². The van der Waals surface area contributed by atoms with Gasteiger partial charge in [-0.15, -0.1) is 13.2 Å². The predicted octanol–water partition coefficient (Wildman–Crippen LogP) is 5.45. The van der Waals surface area contributed by atoms with E-state index in [2.05, 4.69) is 73.9 Å². The van der Waals surface area contributed by atoms with Gasteiger partial charge < -0.3 is 5.32 Å². The number of rotatable bonds is 7. The molecule has 0 fully saturated rings. The summed E-state index contributed by atoms with van der Waals surface area (Å²) in [5, 5.41) is 3.70. The van der Waals surface area contributed by atoms with Crippen molar-refractivity contribution in [1.29, 1.82) is 0 Å². The average molecular weight is 277 g/mol. The fourth-order valence-corrected chi connectivity index (χ4v) is 2.66. The second kappa shape index (κ2) is 6.94. The van der Waals surface area contributed by atoms with Gasteiger partial charge in [0.25, 0.3) is 0 Å². The Morgan fingerprint density at radius 2 is 1.48 bits per heavy atom. The van der Waals surface area contributed by atoms with E-state index in [4.69, 9.17) is 0 Å². The Kier molecular flexibility index (Phi) is 4.99. The highest BCUT2D eigenvalue weighted by Crippen LogP contribution is 2.34. The van der Waals surface area contributed by atoms with Crippen LogP contribution in [0.4, 0.5) is 5.69 Å². The number of nitrogens with one attached hydrogen (secondary N) is 1. The molecule has 0 atom stereocenters. The van der Waals surface area contributed by atoms with E-state index < -0.39 is 0 Å². The van der Waals surface area contributed by atoms with E-state index in [9.17, 15) is 0 Å². The van der Waals surface area contributed by atoms with E-state index in [0.717, 1.165) is 18.5 Å². The average Bonchev–Trinajstić information content (AvgIpc) is 2.51. The van der Waals surface area contributed by atoms with Crippen LogP contribution in [0.2, 0.25) is 0 Å². The molecule has 1 N–H and O–H groups in total. The number of anilines is 1. The third-order valence-electron chi connectivity index (χ3n) is 3.75. The number of benzene rings is 2. The zero-order valence-electron chi connectivity index (χ0n) is 12.7. The van der Waals surface area contributed by atoms with E-state index in [0.29, 0.717) is 0 Å². The fourth-order valence-electron chi connectivity index (χ4n) is 2.66. The molecule has 21 heavy (non-hydrogen) atoms.